The lowest BCUT2D eigenvalue weighted by Gasteiger charge is -2.18. The van der Waals surface area contributed by atoms with Gasteiger partial charge in [0.15, 0.2) is 0 Å². The van der Waals surface area contributed by atoms with Crippen molar-refractivity contribution >= 4 is 52.5 Å². The van der Waals surface area contributed by atoms with Gasteiger partial charge in [0, 0.05) is 35.8 Å². The van der Waals surface area contributed by atoms with E-state index >= 15 is 0 Å². The highest BCUT2D eigenvalue weighted by Crippen LogP contribution is 2.39. The summed E-state index contributed by atoms with van der Waals surface area (Å²) >= 11 is 0. The zero-order chi connectivity index (χ0) is 34.6. The summed E-state index contributed by atoms with van der Waals surface area (Å²) in [5.74, 6) is -1.08. The Morgan fingerprint density at radius 1 is 0.820 bits per heavy atom. The van der Waals surface area contributed by atoms with Crippen LogP contribution in [0.25, 0.3) is 17.3 Å². The third-order valence-corrected chi connectivity index (χ3v) is 8.55. The van der Waals surface area contributed by atoms with Crippen LogP contribution in [0.15, 0.2) is 133 Å². The van der Waals surface area contributed by atoms with E-state index in [-0.39, 0.29) is 23.6 Å². The van der Waals surface area contributed by atoms with E-state index in [4.69, 9.17) is 0 Å². The van der Waals surface area contributed by atoms with Crippen LogP contribution in [0.4, 0.5) is 16.2 Å². The van der Waals surface area contributed by atoms with Crippen LogP contribution in [-0.2, 0) is 16.1 Å². The second-order valence-corrected chi connectivity index (χ2v) is 11.8. The summed E-state index contributed by atoms with van der Waals surface area (Å²) in [7, 11) is 0. The Bertz CT molecular complexity index is 2160. The van der Waals surface area contributed by atoms with E-state index in [2.05, 4.69) is 26.3 Å². The maximum absolute atomic E-state index is 13.7. The molecule has 4 aromatic carbocycles. The minimum absolute atomic E-state index is 0.170. The summed E-state index contributed by atoms with van der Waals surface area (Å²) in [5.41, 5.74) is 6.26. The van der Waals surface area contributed by atoms with E-state index < -0.39 is 11.9 Å². The maximum Gasteiger partial charge on any atom is 0.333 e. The van der Waals surface area contributed by atoms with Crippen molar-refractivity contribution in [1.82, 2.24) is 20.9 Å². The Morgan fingerprint density at radius 3 is 2.24 bits per heavy atom. The molecule has 5 amide bonds. The number of nitrogens with one attached hydrogen (secondary N) is 4. The molecule has 3 heterocycles. The van der Waals surface area contributed by atoms with Gasteiger partial charge in [-0.15, -0.1) is 0 Å². The van der Waals surface area contributed by atoms with Gasteiger partial charge >= 0.3 is 6.03 Å². The molecule has 0 radical (unpaired) electrons. The Kier molecular flexibility index (Phi) is 8.73. The Labute approximate surface area is 288 Å². The first-order valence-electron chi connectivity index (χ1n) is 16.1. The van der Waals surface area contributed by atoms with Gasteiger partial charge in [0.05, 0.1) is 23.0 Å². The average Bonchev–Trinajstić information content (AvgIpc) is 3.63. The molecule has 1 fully saturated rings. The fraction of sp³-hybridized carbons (Fsp3) is 0.0750. The molecule has 1 aromatic heterocycles. The number of nitrogens with zero attached hydrogens (tertiary/aromatic N) is 2. The van der Waals surface area contributed by atoms with Gasteiger partial charge in [-0.05, 0) is 71.7 Å². The van der Waals surface area contributed by atoms with Crippen molar-refractivity contribution in [3.05, 3.63) is 167 Å². The first kappa shape index (κ1) is 31.8. The van der Waals surface area contributed by atoms with Crippen molar-refractivity contribution in [2.75, 3.05) is 10.2 Å². The Balaban J connectivity index is 1.16. The van der Waals surface area contributed by atoms with Crippen molar-refractivity contribution in [2.24, 2.45) is 0 Å². The zero-order valence-electron chi connectivity index (χ0n) is 27.0. The second-order valence-electron chi connectivity index (χ2n) is 11.8. The van der Waals surface area contributed by atoms with Crippen LogP contribution < -0.4 is 26.2 Å². The lowest BCUT2D eigenvalue weighted by molar-refractivity contribution is -0.114. The first-order chi connectivity index (χ1) is 24.4. The first-order valence-corrected chi connectivity index (χ1v) is 16.1. The highest BCUT2D eigenvalue weighted by molar-refractivity contribution is 6.38. The van der Waals surface area contributed by atoms with Crippen LogP contribution in [0, 0.1) is 0 Å². The van der Waals surface area contributed by atoms with E-state index in [1.807, 2.05) is 79.7 Å². The van der Waals surface area contributed by atoms with E-state index in [0.29, 0.717) is 40.3 Å². The largest absolute Gasteiger partial charge is 0.380 e. The summed E-state index contributed by atoms with van der Waals surface area (Å²) in [6, 6.07) is 34.1. The lowest BCUT2D eigenvalue weighted by Crippen LogP contribution is -2.30. The average molecular weight is 661 g/mol. The number of carbonyl (C=O) groups excluding carboxylic acids is 4. The quantitative estimate of drug-likeness (QED) is 0.109. The Morgan fingerprint density at radius 2 is 1.52 bits per heavy atom. The molecule has 5 aromatic rings. The molecule has 2 aliphatic heterocycles. The van der Waals surface area contributed by atoms with E-state index in [1.165, 1.54) is 0 Å². The summed E-state index contributed by atoms with van der Waals surface area (Å²) in [5, 5.41) is 12.1. The molecule has 7 rings (SSSR count). The number of fused-ring (bicyclic) bond motifs is 1. The van der Waals surface area contributed by atoms with Gasteiger partial charge in [-0.2, -0.15) is 0 Å². The number of benzene rings is 4. The van der Waals surface area contributed by atoms with Gasteiger partial charge in [0.1, 0.15) is 5.70 Å². The number of hydrogen-bond acceptors (Lipinski definition) is 6. The van der Waals surface area contributed by atoms with Crippen LogP contribution in [-0.4, -0.2) is 28.7 Å². The van der Waals surface area contributed by atoms with E-state index in [0.717, 1.165) is 27.2 Å². The topological polar surface area (TPSA) is 133 Å². The van der Waals surface area contributed by atoms with Gasteiger partial charge in [0.25, 0.3) is 17.7 Å². The molecule has 1 atom stereocenters. The van der Waals surface area contributed by atoms with Crippen LogP contribution in [0.5, 0.6) is 0 Å². The summed E-state index contributed by atoms with van der Waals surface area (Å²) < 4.78 is 0. The van der Waals surface area contributed by atoms with Crippen LogP contribution in [0.3, 0.4) is 0 Å². The molecular formula is C40H32N6O4. The number of carbonyl (C=O) groups is 4. The molecule has 0 bridgehead atoms. The number of rotatable bonds is 9. The summed E-state index contributed by atoms with van der Waals surface area (Å²) in [6.07, 6.45) is 4.83. The number of anilines is 2. The number of pyridine rings is 1. The van der Waals surface area contributed by atoms with Gasteiger partial charge in [0.2, 0.25) is 0 Å². The normalized spacial score (nSPS) is 16.1. The lowest BCUT2D eigenvalue weighted by atomic mass is 9.95. The van der Waals surface area contributed by atoms with Crippen molar-refractivity contribution in [3.8, 4) is 0 Å². The third-order valence-electron chi connectivity index (χ3n) is 8.55. The zero-order valence-corrected chi connectivity index (χ0v) is 27.0. The number of hydrogen-bond donors (Lipinski definition) is 4. The molecule has 2 aliphatic rings. The smallest absolute Gasteiger partial charge is 0.333 e. The monoisotopic (exact) mass is 660 g/mol. The Hall–Kier alpha value is -6.81. The van der Waals surface area contributed by atoms with Crippen molar-refractivity contribution < 1.29 is 19.2 Å². The molecular weight excluding hydrogens is 628 g/mol. The minimum Gasteiger partial charge on any atom is -0.380 e. The molecule has 0 spiro atoms. The third kappa shape index (κ3) is 6.37. The predicted molar refractivity (Wildman–Crippen MR) is 192 cm³/mol. The van der Waals surface area contributed by atoms with E-state index in [1.54, 1.807) is 60.9 Å². The minimum atomic E-state index is -0.541. The highest BCUT2D eigenvalue weighted by atomic mass is 16.2. The molecule has 10 nitrogen and oxygen atoms in total. The molecule has 0 saturated carbocycles. The number of imide groups is 1. The molecule has 10 heteroatoms. The van der Waals surface area contributed by atoms with Gasteiger partial charge in [-0.25, -0.2) is 9.69 Å². The predicted octanol–water partition coefficient (Wildman–Crippen LogP) is 6.28. The van der Waals surface area contributed by atoms with E-state index in [9.17, 15) is 19.2 Å². The number of aromatic nitrogens is 1. The van der Waals surface area contributed by atoms with Crippen LogP contribution >= 0.6 is 0 Å². The van der Waals surface area contributed by atoms with Gasteiger partial charge < -0.3 is 21.3 Å². The fourth-order valence-electron chi connectivity index (χ4n) is 6.04. The second kappa shape index (κ2) is 13.7. The van der Waals surface area contributed by atoms with Gasteiger partial charge in [-0.1, -0.05) is 78.9 Å². The maximum atomic E-state index is 13.7. The summed E-state index contributed by atoms with van der Waals surface area (Å²) in [4.78, 5) is 58.4. The highest BCUT2D eigenvalue weighted by Gasteiger charge is 2.35. The molecule has 50 heavy (non-hydrogen) atoms. The molecule has 4 N–H and O–H groups in total. The molecule has 0 aliphatic carbocycles. The SMILES string of the molecule is C[C@@H](NC(=O)c1cccc2c1/C(=C(/NCc1ccc(N3C(=O)N/C(=C\c4ccncc4)C3=O)cc1)c1ccccc1)C(=O)N2)c1ccccc1. The number of amides is 5. The van der Waals surface area contributed by atoms with Gasteiger partial charge in [-0.3, -0.25) is 19.4 Å². The van der Waals surface area contributed by atoms with Crippen molar-refractivity contribution in [2.45, 2.75) is 19.5 Å². The summed E-state index contributed by atoms with van der Waals surface area (Å²) in [6.45, 7) is 2.23. The molecule has 0 unspecified atom stereocenters. The molecule has 246 valence electrons. The number of urea groups is 1. The van der Waals surface area contributed by atoms with Crippen molar-refractivity contribution in [1.29, 1.82) is 0 Å². The molecule has 1 saturated heterocycles. The van der Waals surface area contributed by atoms with Crippen LogP contribution in [0.1, 0.15) is 51.1 Å². The van der Waals surface area contributed by atoms with Crippen molar-refractivity contribution in [3.63, 3.8) is 0 Å². The van der Waals surface area contributed by atoms with Crippen LogP contribution in [0.2, 0.25) is 0 Å². The fourth-order valence-corrected chi connectivity index (χ4v) is 6.04. The standard InChI is InChI=1S/C40H32N6O4/c1-25(28-9-4-2-5-10-28)43-37(47)31-13-8-14-32-34(31)35(38(48)44-32)36(29-11-6-3-7-12-29)42-24-27-15-17-30(18-16-27)46-39(49)33(45-40(46)50)23-26-19-21-41-22-20-26/h2-23,25,42H,24H2,1H3,(H,43,47)(H,44,48)(H,45,50)/b33-23-,36-35-/t25-/m1/s1.